The fourth-order valence-electron chi connectivity index (χ4n) is 6.54. The largest absolute Gasteiger partial charge is 0.298 e. The number of hydrogen-bond acceptors (Lipinski definition) is 5. The fraction of sp³-hybridized carbons (Fsp3) is 0.419. The summed E-state index contributed by atoms with van der Waals surface area (Å²) in [4.78, 5) is 7.72. The summed E-state index contributed by atoms with van der Waals surface area (Å²) in [7, 11) is -3.40. The van der Waals surface area contributed by atoms with Gasteiger partial charge in [-0.05, 0) is 99.8 Å². The number of aromatic amines is 1. The Balaban J connectivity index is 1.17. The van der Waals surface area contributed by atoms with Gasteiger partial charge in [-0.25, -0.2) is 13.4 Å². The highest BCUT2D eigenvalue weighted by Gasteiger charge is 2.35. The lowest BCUT2D eigenvalue weighted by Crippen LogP contribution is -2.44. The number of hydrogen-bond donors (Lipinski definition) is 1. The van der Waals surface area contributed by atoms with Crippen LogP contribution >= 0.6 is 0 Å². The van der Waals surface area contributed by atoms with Crippen LogP contribution in [-0.4, -0.2) is 64.5 Å². The molecule has 1 N–H and O–H groups in total. The van der Waals surface area contributed by atoms with E-state index < -0.39 is 10.0 Å². The summed E-state index contributed by atoms with van der Waals surface area (Å²) in [6.45, 7) is 6.16. The number of fused-ring (bicyclic) bond motifs is 2. The third kappa shape index (κ3) is 4.39. The highest BCUT2D eigenvalue weighted by molar-refractivity contribution is 7.89. The van der Waals surface area contributed by atoms with Crippen LogP contribution in [0.3, 0.4) is 0 Å². The Morgan fingerprint density at radius 2 is 1.54 bits per heavy atom. The van der Waals surface area contributed by atoms with Crippen LogP contribution in [0.4, 0.5) is 0 Å². The minimum absolute atomic E-state index is 0.298. The van der Waals surface area contributed by atoms with Crippen molar-refractivity contribution in [1.29, 1.82) is 0 Å². The summed E-state index contributed by atoms with van der Waals surface area (Å²) in [6, 6.07) is 16.2. The number of aromatic nitrogens is 3. The van der Waals surface area contributed by atoms with Crippen molar-refractivity contribution < 1.29 is 8.42 Å². The first-order chi connectivity index (χ1) is 18.9. The molecule has 7 rings (SSSR count). The van der Waals surface area contributed by atoms with E-state index in [1.165, 1.54) is 59.8 Å². The number of rotatable bonds is 5. The van der Waals surface area contributed by atoms with Gasteiger partial charge in [0.2, 0.25) is 10.0 Å². The lowest BCUT2D eigenvalue weighted by Gasteiger charge is -2.38. The topological polar surface area (TPSA) is 82.2 Å². The quantitative estimate of drug-likeness (QED) is 0.341. The highest BCUT2D eigenvalue weighted by Crippen LogP contribution is 2.37. The summed E-state index contributed by atoms with van der Waals surface area (Å²) < 4.78 is 27.0. The van der Waals surface area contributed by atoms with Crippen LogP contribution in [0.5, 0.6) is 0 Å². The maximum absolute atomic E-state index is 12.7. The van der Waals surface area contributed by atoms with Gasteiger partial charge in [-0.2, -0.15) is 9.40 Å². The van der Waals surface area contributed by atoms with Crippen molar-refractivity contribution >= 4 is 21.1 Å². The standard InChI is InChI=1S/C31H35N5O2S/c1-31(35-15-2-3-16-35)13-11-22-5-6-24(19-25(22)12-14-31)26-20-28-29(33-34-30(28)32-21-26)23-7-9-27(10-8-23)39(37,38)36-17-4-18-36/h5-10,19-21H,2-4,11-18H2,1H3,(H,32,33,34). The molecule has 2 aromatic carbocycles. The second kappa shape index (κ2) is 9.54. The van der Waals surface area contributed by atoms with Gasteiger partial charge >= 0.3 is 0 Å². The molecule has 1 unspecified atom stereocenters. The van der Waals surface area contributed by atoms with Gasteiger partial charge in [-0.15, -0.1) is 0 Å². The molecule has 0 saturated carbocycles. The Bertz CT molecular complexity index is 1640. The Labute approximate surface area is 230 Å². The van der Waals surface area contributed by atoms with Crippen molar-refractivity contribution in [1.82, 2.24) is 24.4 Å². The number of sulfonamides is 1. The summed E-state index contributed by atoms with van der Waals surface area (Å²) in [5.41, 5.74) is 7.88. The van der Waals surface area contributed by atoms with Gasteiger partial charge in [0, 0.05) is 41.3 Å². The zero-order valence-electron chi connectivity index (χ0n) is 22.5. The van der Waals surface area contributed by atoms with Crippen LogP contribution < -0.4 is 0 Å². The Hall–Kier alpha value is -3.07. The Kier molecular flexibility index (Phi) is 6.10. The fourth-order valence-corrected chi connectivity index (χ4v) is 8.05. The molecule has 2 aromatic heterocycles. The second-order valence-electron chi connectivity index (χ2n) is 11.7. The lowest BCUT2D eigenvalue weighted by molar-refractivity contribution is 0.118. The van der Waals surface area contributed by atoms with E-state index in [1.54, 1.807) is 12.1 Å². The molecule has 7 nitrogen and oxygen atoms in total. The van der Waals surface area contributed by atoms with Crippen molar-refractivity contribution in [3.63, 3.8) is 0 Å². The maximum Gasteiger partial charge on any atom is 0.243 e. The van der Waals surface area contributed by atoms with Gasteiger partial charge < -0.3 is 0 Å². The molecule has 4 aromatic rings. The number of benzene rings is 2. The zero-order valence-corrected chi connectivity index (χ0v) is 23.3. The number of nitrogens with one attached hydrogen (secondary N) is 1. The number of likely N-dealkylation sites (tertiary alicyclic amines) is 1. The smallest absolute Gasteiger partial charge is 0.243 e. The van der Waals surface area contributed by atoms with Crippen LogP contribution in [0.15, 0.2) is 59.6 Å². The molecule has 2 aliphatic heterocycles. The van der Waals surface area contributed by atoms with Crippen LogP contribution in [0.1, 0.15) is 50.2 Å². The number of pyridine rings is 1. The molecular formula is C31H35N5O2S. The highest BCUT2D eigenvalue weighted by atomic mass is 32.2. The van der Waals surface area contributed by atoms with Crippen LogP contribution in [0.2, 0.25) is 0 Å². The molecule has 2 fully saturated rings. The predicted octanol–water partition coefficient (Wildman–Crippen LogP) is 5.42. The molecular weight excluding hydrogens is 506 g/mol. The van der Waals surface area contributed by atoms with E-state index in [0.717, 1.165) is 41.5 Å². The average molecular weight is 542 g/mol. The van der Waals surface area contributed by atoms with Crippen LogP contribution in [-0.2, 0) is 22.9 Å². The molecule has 0 spiro atoms. The molecule has 39 heavy (non-hydrogen) atoms. The van der Waals surface area contributed by atoms with Gasteiger partial charge in [0.05, 0.1) is 10.6 Å². The van der Waals surface area contributed by atoms with Crippen molar-refractivity contribution in [3.8, 4) is 22.4 Å². The summed E-state index contributed by atoms with van der Waals surface area (Å²) >= 11 is 0. The number of aryl methyl sites for hydroxylation is 2. The van der Waals surface area contributed by atoms with E-state index in [4.69, 9.17) is 0 Å². The minimum atomic E-state index is -3.40. The molecule has 0 amide bonds. The van der Waals surface area contributed by atoms with Crippen molar-refractivity contribution in [2.24, 2.45) is 0 Å². The predicted molar refractivity (Wildman–Crippen MR) is 154 cm³/mol. The minimum Gasteiger partial charge on any atom is -0.298 e. The molecule has 1 atom stereocenters. The van der Waals surface area contributed by atoms with Gasteiger partial charge in [0.1, 0.15) is 0 Å². The number of H-pyrrole nitrogens is 1. The Morgan fingerprint density at radius 1 is 0.821 bits per heavy atom. The normalized spacial score (nSPS) is 22.5. The van der Waals surface area contributed by atoms with E-state index in [-0.39, 0.29) is 0 Å². The van der Waals surface area contributed by atoms with Crippen molar-refractivity contribution in [2.45, 2.75) is 62.3 Å². The molecule has 0 radical (unpaired) electrons. The van der Waals surface area contributed by atoms with E-state index in [9.17, 15) is 8.42 Å². The average Bonchev–Trinajstić information content (AvgIpc) is 3.57. The molecule has 0 bridgehead atoms. The molecule has 202 valence electrons. The number of nitrogens with zero attached hydrogens (tertiary/aromatic N) is 4. The SMILES string of the molecule is CC1(N2CCCC2)CCc2ccc(-c3cnc4n[nH]c(-c5ccc(S(=O)(=O)N6CCC6)cc5)c4c3)cc2CC1. The van der Waals surface area contributed by atoms with E-state index in [0.29, 0.717) is 29.2 Å². The summed E-state index contributed by atoms with van der Waals surface area (Å²) in [6.07, 6.45) is 10.2. The second-order valence-corrected chi connectivity index (χ2v) is 13.6. The van der Waals surface area contributed by atoms with Gasteiger partial charge in [0.25, 0.3) is 0 Å². The third-order valence-corrected chi connectivity index (χ3v) is 11.2. The molecule has 2 saturated heterocycles. The van der Waals surface area contributed by atoms with Crippen LogP contribution in [0.25, 0.3) is 33.4 Å². The van der Waals surface area contributed by atoms with E-state index in [2.05, 4.69) is 51.3 Å². The summed E-state index contributed by atoms with van der Waals surface area (Å²) in [5.74, 6) is 0. The molecule has 1 aliphatic carbocycles. The Morgan fingerprint density at radius 3 is 2.26 bits per heavy atom. The molecule has 8 heteroatoms. The first-order valence-corrected chi connectivity index (χ1v) is 15.7. The van der Waals surface area contributed by atoms with E-state index in [1.807, 2.05) is 18.3 Å². The first-order valence-electron chi connectivity index (χ1n) is 14.2. The molecule has 3 aliphatic rings. The first kappa shape index (κ1) is 24.9. The molecule has 4 heterocycles. The zero-order chi connectivity index (χ0) is 26.6. The monoisotopic (exact) mass is 541 g/mol. The summed E-state index contributed by atoms with van der Waals surface area (Å²) in [5, 5.41) is 8.48. The van der Waals surface area contributed by atoms with Crippen molar-refractivity contribution in [3.05, 3.63) is 65.9 Å². The van der Waals surface area contributed by atoms with Gasteiger partial charge in [0.15, 0.2) is 5.65 Å². The van der Waals surface area contributed by atoms with Crippen LogP contribution in [0, 0.1) is 0 Å². The van der Waals surface area contributed by atoms with E-state index >= 15 is 0 Å². The maximum atomic E-state index is 12.7. The lowest BCUT2D eigenvalue weighted by atomic mass is 9.90. The van der Waals surface area contributed by atoms with Gasteiger partial charge in [-0.1, -0.05) is 30.3 Å². The van der Waals surface area contributed by atoms with Gasteiger partial charge in [-0.3, -0.25) is 10.00 Å². The third-order valence-electron chi connectivity index (χ3n) is 9.28. The van der Waals surface area contributed by atoms with Crippen molar-refractivity contribution in [2.75, 3.05) is 26.2 Å².